The number of H-pyrrole nitrogens is 1. The van der Waals surface area contributed by atoms with E-state index in [1.807, 2.05) is 24.4 Å². The monoisotopic (exact) mass is 325 g/mol. The van der Waals surface area contributed by atoms with Crippen LogP contribution in [0.15, 0.2) is 36.5 Å². The van der Waals surface area contributed by atoms with E-state index in [0.29, 0.717) is 6.42 Å². The number of benzene rings is 2. The van der Waals surface area contributed by atoms with Crippen molar-refractivity contribution in [2.75, 3.05) is 7.11 Å². The summed E-state index contributed by atoms with van der Waals surface area (Å²) in [4.78, 5) is 15.7. The number of nitrogens with one attached hydrogen (secondary N) is 1. The summed E-state index contributed by atoms with van der Waals surface area (Å²) in [6.07, 6.45) is 1.44. The summed E-state index contributed by atoms with van der Waals surface area (Å²) in [6.45, 7) is 0. The molecule has 3 aromatic rings. The minimum Gasteiger partial charge on any atom is -0.508 e. The summed E-state index contributed by atoms with van der Waals surface area (Å²) in [6, 6.07) is 8.14. The molecule has 0 saturated carbocycles. The Hall–Kier alpha value is -3.15. The molecule has 0 bridgehead atoms. The second-order valence-electron chi connectivity index (χ2n) is 5.74. The molecular weight excluding hydrogens is 310 g/mol. The Labute approximate surface area is 137 Å². The minimum absolute atomic E-state index is 0.121. The zero-order chi connectivity index (χ0) is 16.8. The van der Waals surface area contributed by atoms with Gasteiger partial charge in [0.05, 0.1) is 7.11 Å². The maximum Gasteiger partial charge on any atom is 0.211 e. The van der Waals surface area contributed by atoms with Crippen molar-refractivity contribution in [3.63, 3.8) is 0 Å². The summed E-state index contributed by atoms with van der Waals surface area (Å²) >= 11 is 0. The van der Waals surface area contributed by atoms with Crippen molar-refractivity contribution in [3.8, 4) is 23.0 Å². The fraction of sp³-hybridized carbons (Fsp3) is 0.167. The van der Waals surface area contributed by atoms with Crippen LogP contribution < -0.4 is 9.47 Å². The van der Waals surface area contributed by atoms with Gasteiger partial charge in [0.25, 0.3) is 0 Å². The lowest BCUT2D eigenvalue weighted by Gasteiger charge is -2.09. The van der Waals surface area contributed by atoms with Crippen molar-refractivity contribution in [1.29, 1.82) is 0 Å². The number of phenolic OH excluding ortho intramolecular Hbond substituents is 2. The molecule has 1 aliphatic rings. The third-order valence-corrected chi connectivity index (χ3v) is 4.25. The Morgan fingerprint density at radius 2 is 2.08 bits per heavy atom. The van der Waals surface area contributed by atoms with Crippen LogP contribution in [0.5, 0.6) is 23.0 Å². The van der Waals surface area contributed by atoms with Crippen molar-refractivity contribution in [3.05, 3.63) is 47.7 Å². The summed E-state index contributed by atoms with van der Waals surface area (Å²) < 4.78 is 10.9. The molecule has 3 N–H and O–H groups in total. The number of ether oxygens (including phenoxy) is 2. The molecule has 24 heavy (non-hydrogen) atoms. The zero-order valence-corrected chi connectivity index (χ0v) is 12.9. The molecule has 0 amide bonds. The van der Waals surface area contributed by atoms with Gasteiger partial charge in [-0.15, -0.1) is 0 Å². The fourth-order valence-corrected chi connectivity index (χ4v) is 3.08. The SMILES string of the molecule is COc1ccc2[nH]cc(CC3Oc4cc(O)cc(O)c4C3=O)c2c1. The minimum atomic E-state index is -0.738. The number of aromatic amines is 1. The smallest absolute Gasteiger partial charge is 0.211 e. The highest BCUT2D eigenvalue weighted by atomic mass is 16.5. The average molecular weight is 325 g/mol. The lowest BCUT2D eigenvalue weighted by atomic mass is 10.0. The highest BCUT2D eigenvalue weighted by molar-refractivity contribution is 6.07. The van der Waals surface area contributed by atoms with Crippen LogP contribution in [0.4, 0.5) is 0 Å². The number of aromatic nitrogens is 1. The molecule has 6 heteroatoms. The number of ketones is 1. The molecule has 1 aromatic heterocycles. The van der Waals surface area contributed by atoms with E-state index in [9.17, 15) is 15.0 Å². The number of hydrogen-bond donors (Lipinski definition) is 3. The number of hydrogen-bond acceptors (Lipinski definition) is 5. The quantitative estimate of drug-likeness (QED) is 0.689. The third kappa shape index (κ3) is 2.15. The lowest BCUT2D eigenvalue weighted by Crippen LogP contribution is -2.23. The molecule has 0 aliphatic carbocycles. The third-order valence-electron chi connectivity index (χ3n) is 4.25. The number of fused-ring (bicyclic) bond motifs is 2. The molecule has 1 aliphatic heterocycles. The molecule has 2 aromatic carbocycles. The first kappa shape index (κ1) is 14.4. The van der Waals surface area contributed by atoms with E-state index in [1.165, 1.54) is 6.07 Å². The van der Waals surface area contributed by atoms with Crippen molar-refractivity contribution in [2.24, 2.45) is 0 Å². The van der Waals surface area contributed by atoms with E-state index < -0.39 is 6.10 Å². The molecule has 2 heterocycles. The standard InChI is InChI=1S/C18H15NO5/c1-23-11-2-3-13-12(7-11)9(8-19-13)4-16-18(22)17-14(21)5-10(20)6-15(17)24-16/h2-3,5-8,16,19-21H,4H2,1H3. The van der Waals surface area contributed by atoms with E-state index in [2.05, 4.69) is 4.98 Å². The Kier molecular flexibility index (Phi) is 3.13. The molecule has 4 rings (SSSR count). The Morgan fingerprint density at radius 1 is 1.25 bits per heavy atom. The van der Waals surface area contributed by atoms with Crippen LogP contribution in [0, 0.1) is 0 Å². The molecule has 0 radical (unpaired) electrons. The maximum absolute atomic E-state index is 12.5. The van der Waals surface area contributed by atoms with Crippen LogP contribution in [-0.2, 0) is 6.42 Å². The largest absolute Gasteiger partial charge is 0.508 e. The molecule has 0 fully saturated rings. The van der Waals surface area contributed by atoms with Gasteiger partial charge in [-0.2, -0.15) is 0 Å². The highest BCUT2D eigenvalue weighted by Gasteiger charge is 2.36. The molecule has 0 spiro atoms. The van der Waals surface area contributed by atoms with Gasteiger partial charge >= 0.3 is 0 Å². The van der Waals surface area contributed by atoms with Crippen LogP contribution in [-0.4, -0.2) is 34.2 Å². The average Bonchev–Trinajstić information content (AvgIpc) is 3.09. The number of Topliss-reactive ketones (excluding diaryl/α,β-unsaturated/α-hetero) is 1. The van der Waals surface area contributed by atoms with Gasteiger partial charge in [0, 0.05) is 35.7 Å². The Balaban J connectivity index is 1.68. The Morgan fingerprint density at radius 3 is 2.88 bits per heavy atom. The van der Waals surface area contributed by atoms with Crippen molar-refractivity contribution in [2.45, 2.75) is 12.5 Å². The predicted molar refractivity (Wildman–Crippen MR) is 87.1 cm³/mol. The van der Waals surface area contributed by atoms with Gasteiger partial charge in [0.1, 0.15) is 28.6 Å². The van der Waals surface area contributed by atoms with E-state index >= 15 is 0 Å². The molecular formula is C18H15NO5. The summed E-state index contributed by atoms with van der Waals surface area (Å²) in [5, 5.41) is 20.4. The van der Waals surface area contributed by atoms with Crippen LogP contribution in [0.3, 0.4) is 0 Å². The van der Waals surface area contributed by atoms with Crippen molar-refractivity contribution >= 4 is 16.7 Å². The fourth-order valence-electron chi connectivity index (χ4n) is 3.08. The van der Waals surface area contributed by atoms with Gasteiger partial charge in [-0.3, -0.25) is 4.79 Å². The number of methoxy groups -OCH3 is 1. The second-order valence-corrected chi connectivity index (χ2v) is 5.74. The highest BCUT2D eigenvalue weighted by Crippen LogP contribution is 2.40. The van der Waals surface area contributed by atoms with E-state index in [4.69, 9.17) is 9.47 Å². The molecule has 122 valence electrons. The Bertz CT molecular complexity index is 959. The van der Waals surface area contributed by atoms with Crippen LogP contribution in [0.25, 0.3) is 10.9 Å². The van der Waals surface area contributed by atoms with Gasteiger partial charge in [0.2, 0.25) is 5.78 Å². The summed E-state index contributed by atoms with van der Waals surface area (Å²) in [7, 11) is 1.60. The maximum atomic E-state index is 12.5. The van der Waals surface area contributed by atoms with E-state index in [1.54, 1.807) is 7.11 Å². The molecule has 1 unspecified atom stereocenters. The first-order valence-corrected chi connectivity index (χ1v) is 7.47. The predicted octanol–water partition coefficient (Wildman–Crippen LogP) is 2.77. The first-order chi connectivity index (χ1) is 11.6. The number of aromatic hydroxyl groups is 2. The van der Waals surface area contributed by atoms with Crippen LogP contribution in [0.1, 0.15) is 15.9 Å². The van der Waals surface area contributed by atoms with Crippen LogP contribution >= 0.6 is 0 Å². The first-order valence-electron chi connectivity index (χ1n) is 7.47. The number of carbonyl (C=O) groups is 1. The van der Waals surface area contributed by atoms with Gasteiger partial charge in [-0.05, 0) is 23.8 Å². The van der Waals surface area contributed by atoms with Gasteiger partial charge in [-0.25, -0.2) is 0 Å². The number of phenols is 2. The number of rotatable bonds is 3. The van der Waals surface area contributed by atoms with Gasteiger partial charge < -0.3 is 24.7 Å². The van der Waals surface area contributed by atoms with E-state index in [0.717, 1.165) is 28.3 Å². The molecule has 0 saturated heterocycles. The van der Waals surface area contributed by atoms with Crippen molar-refractivity contribution in [1.82, 2.24) is 4.98 Å². The van der Waals surface area contributed by atoms with Gasteiger partial charge in [0.15, 0.2) is 6.10 Å². The summed E-state index contributed by atoms with van der Waals surface area (Å²) in [5.41, 5.74) is 1.98. The zero-order valence-electron chi connectivity index (χ0n) is 12.9. The number of carbonyl (C=O) groups excluding carboxylic acids is 1. The molecule has 6 nitrogen and oxygen atoms in total. The normalized spacial score (nSPS) is 16.2. The van der Waals surface area contributed by atoms with Gasteiger partial charge in [-0.1, -0.05) is 0 Å². The summed E-state index contributed by atoms with van der Waals surface area (Å²) in [5.74, 6) is 0.238. The van der Waals surface area contributed by atoms with E-state index in [-0.39, 0.29) is 28.6 Å². The van der Waals surface area contributed by atoms with Crippen molar-refractivity contribution < 1.29 is 24.5 Å². The topological polar surface area (TPSA) is 91.8 Å². The van der Waals surface area contributed by atoms with Crippen LogP contribution in [0.2, 0.25) is 0 Å². The molecule has 1 atom stereocenters. The second kappa shape index (κ2) is 5.19. The lowest BCUT2D eigenvalue weighted by molar-refractivity contribution is 0.0857.